The summed E-state index contributed by atoms with van der Waals surface area (Å²) in [5, 5.41) is 0.653. The lowest BCUT2D eigenvalue weighted by molar-refractivity contribution is 0.404. The van der Waals surface area contributed by atoms with Gasteiger partial charge in [-0.15, -0.1) is 0 Å². The van der Waals surface area contributed by atoms with Crippen LogP contribution in [-0.2, 0) is 0 Å². The molecular weight excluding hydrogens is 253 g/mol. The predicted molar refractivity (Wildman–Crippen MR) is 58.3 cm³/mol. The molecule has 4 heteroatoms. The standard InChI is InChI=1S/C9H11BrClNO/c1-5(12)7-3-6(11)4-8(10)9(7)13-2/h3-5H,12H2,1-2H3/t5-/m1/s1. The second-order valence-electron chi connectivity index (χ2n) is 2.80. The fraction of sp³-hybridized carbons (Fsp3) is 0.333. The lowest BCUT2D eigenvalue weighted by Crippen LogP contribution is -2.07. The maximum absolute atomic E-state index is 5.88. The summed E-state index contributed by atoms with van der Waals surface area (Å²) in [5.41, 5.74) is 6.67. The lowest BCUT2D eigenvalue weighted by atomic mass is 10.1. The van der Waals surface area contributed by atoms with Crippen molar-refractivity contribution in [1.29, 1.82) is 0 Å². The summed E-state index contributed by atoms with van der Waals surface area (Å²) in [6.45, 7) is 1.89. The zero-order valence-corrected chi connectivity index (χ0v) is 9.82. The Morgan fingerprint density at radius 2 is 2.15 bits per heavy atom. The average molecular weight is 265 g/mol. The van der Waals surface area contributed by atoms with Gasteiger partial charge in [0.15, 0.2) is 0 Å². The van der Waals surface area contributed by atoms with Crippen LogP contribution in [0.2, 0.25) is 5.02 Å². The molecule has 0 heterocycles. The van der Waals surface area contributed by atoms with Crippen molar-refractivity contribution >= 4 is 27.5 Å². The molecule has 0 aliphatic heterocycles. The van der Waals surface area contributed by atoms with E-state index in [9.17, 15) is 0 Å². The fourth-order valence-corrected chi connectivity index (χ4v) is 2.13. The zero-order chi connectivity index (χ0) is 10.0. The highest BCUT2D eigenvalue weighted by molar-refractivity contribution is 9.10. The smallest absolute Gasteiger partial charge is 0.137 e. The Kier molecular flexibility index (Phi) is 3.59. The molecule has 0 bridgehead atoms. The quantitative estimate of drug-likeness (QED) is 0.891. The van der Waals surface area contributed by atoms with Gasteiger partial charge in [0.25, 0.3) is 0 Å². The molecule has 1 rings (SSSR count). The molecule has 2 nitrogen and oxygen atoms in total. The summed E-state index contributed by atoms with van der Waals surface area (Å²) in [7, 11) is 1.61. The van der Waals surface area contributed by atoms with E-state index >= 15 is 0 Å². The van der Waals surface area contributed by atoms with Crippen LogP contribution in [0.5, 0.6) is 5.75 Å². The van der Waals surface area contributed by atoms with Crippen LogP contribution in [-0.4, -0.2) is 7.11 Å². The van der Waals surface area contributed by atoms with Gasteiger partial charge in [0, 0.05) is 16.6 Å². The first-order valence-electron chi connectivity index (χ1n) is 3.84. The minimum Gasteiger partial charge on any atom is -0.495 e. The van der Waals surface area contributed by atoms with Gasteiger partial charge in [-0.3, -0.25) is 0 Å². The molecule has 0 fully saturated rings. The molecule has 1 aromatic rings. The van der Waals surface area contributed by atoms with E-state index in [2.05, 4.69) is 15.9 Å². The number of hydrogen-bond donors (Lipinski definition) is 1. The maximum Gasteiger partial charge on any atom is 0.137 e. The van der Waals surface area contributed by atoms with Crippen LogP contribution in [0, 0.1) is 0 Å². The molecule has 0 unspecified atom stereocenters. The monoisotopic (exact) mass is 263 g/mol. The molecule has 0 amide bonds. The van der Waals surface area contributed by atoms with E-state index in [-0.39, 0.29) is 6.04 Å². The fourth-order valence-electron chi connectivity index (χ4n) is 1.13. The molecule has 13 heavy (non-hydrogen) atoms. The molecule has 0 saturated heterocycles. The second-order valence-corrected chi connectivity index (χ2v) is 4.09. The SMILES string of the molecule is COc1c(Br)cc(Cl)cc1[C@@H](C)N. The minimum atomic E-state index is -0.0926. The summed E-state index contributed by atoms with van der Waals surface area (Å²) < 4.78 is 6.04. The third kappa shape index (κ3) is 2.36. The van der Waals surface area contributed by atoms with Crippen LogP contribution in [0.1, 0.15) is 18.5 Å². The Hall–Kier alpha value is -0.250. The molecule has 0 saturated carbocycles. The van der Waals surface area contributed by atoms with Crippen LogP contribution >= 0.6 is 27.5 Å². The summed E-state index contributed by atoms with van der Waals surface area (Å²) >= 11 is 9.24. The first kappa shape index (κ1) is 10.8. The van der Waals surface area contributed by atoms with Gasteiger partial charge in [-0.2, -0.15) is 0 Å². The second kappa shape index (κ2) is 4.31. The van der Waals surface area contributed by atoms with Crippen molar-refractivity contribution in [2.24, 2.45) is 5.73 Å². The van der Waals surface area contributed by atoms with Crippen LogP contribution in [0.4, 0.5) is 0 Å². The number of rotatable bonds is 2. The van der Waals surface area contributed by atoms with Gasteiger partial charge in [-0.25, -0.2) is 0 Å². The number of hydrogen-bond acceptors (Lipinski definition) is 2. The largest absolute Gasteiger partial charge is 0.495 e. The number of methoxy groups -OCH3 is 1. The van der Waals surface area contributed by atoms with E-state index in [0.29, 0.717) is 5.02 Å². The van der Waals surface area contributed by atoms with Crippen LogP contribution in [0.25, 0.3) is 0 Å². The van der Waals surface area contributed by atoms with Crippen molar-refractivity contribution < 1.29 is 4.74 Å². The van der Waals surface area contributed by atoms with Crippen molar-refractivity contribution in [2.75, 3.05) is 7.11 Å². The molecule has 2 N–H and O–H groups in total. The normalized spacial score (nSPS) is 12.7. The molecular formula is C9H11BrClNO. The Balaban J connectivity index is 3.29. The highest BCUT2D eigenvalue weighted by atomic mass is 79.9. The zero-order valence-electron chi connectivity index (χ0n) is 7.47. The molecule has 0 aromatic heterocycles. The van der Waals surface area contributed by atoms with E-state index < -0.39 is 0 Å². The first-order valence-corrected chi connectivity index (χ1v) is 5.02. The molecule has 72 valence electrons. The highest BCUT2D eigenvalue weighted by Crippen LogP contribution is 2.34. The topological polar surface area (TPSA) is 35.2 Å². The van der Waals surface area contributed by atoms with Gasteiger partial charge in [0.05, 0.1) is 11.6 Å². The van der Waals surface area contributed by atoms with Crippen molar-refractivity contribution in [2.45, 2.75) is 13.0 Å². The Morgan fingerprint density at radius 3 is 2.62 bits per heavy atom. The Labute approximate surface area is 91.2 Å². The Morgan fingerprint density at radius 1 is 1.54 bits per heavy atom. The minimum absolute atomic E-state index is 0.0926. The molecule has 1 atom stereocenters. The van der Waals surface area contributed by atoms with Gasteiger partial charge >= 0.3 is 0 Å². The number of benzene rings is 1. The molecule has 1 aromatic carbocycles. The van der Waals surface area contributed by atoms with E-state index in [1.807, 2.05) is 13.0 Å². The molecule has 0 aliphatic carbocycles. The van der Waals surface area contributed by atoms with E-state index in [1.165, 1.54) is 0 Å². The summed E-state index contributed by atoms with van der Waals surface area (Å²) in [5.74, 6) is 0.749. The van der Waals surface area contributed by atoms with Gasteiger partial charge < -0.3 is 10.5 Å². The van der Waals surface area contributed by atoms with Crippen molar-refractivity contribution in [1.82, 2.24) is 0 Å². The summed E-state index contributed by atoms with van der Waals surface area (Å²) in [6, 6.07) is 3.51. The van der Waals surface area contributed by atoms with E-state index in [4.69, 9.17) is 22.1 Å². The van der Waals surface area contributed by atoms with Crippen molar-refractivity contribution in [3.8, 4) is 5.75 Å². The van der Waals surface area contributed by atoms with Crippen molar-refractivity contribution in [3.63, 3.8) is 0 Å². The van der Waals surface area contributed by atoms with Crippen LogP contribution in [0.15, 0.2) is 16.6 Å². The van der Waals surface area contributed by atoms with E-state index in [0.717, 1.165) is 15.8 Å². The molecule has 0 aliphatic rings. The summed E-state index contributed by atoms with van der Waals surface area (Å²) in [6.07, 6.45) is 0. The first-order chi connectivity index (χ1) is 6.06. The average Bonchev–Trinajstić information content (AvgIpc) is 2.02. The molecule has 0 radical (unpaired) electrons. The van der Waals surface area contributed by atoms with Gasteiger partial charge in [0.1, 0.15) is 5.75 Å². The van der Waals surface area contributed by atoms with Gasteiger partial charge in [-0.05, 0) is 35.0 Å². The highest BCUT2D eigenvalue weighted by Gasteiger charge is 2.12. The van der Waals surface area contributed by atoms with Crippen molar-refractivity contribution in [3.05, 3.63) is 27.2 Å². The Bertz CT molecular complexity index is 315. The van der Waals surface area contributed by atoms with Gasteiger partial charge in [-0.1, -0.05) is 11.6 Å². The van der Waals surface area contributed by atoms with Gasteiger partial charge in [0.2, 0.25) is 0 Å². The third-order valence-corrected chi connectivity index (χ3v) is 2.54. The van der Waals surface area contributed by atoms with Crippen LogP contribution in [0.3, 0.4) is 0 Å². The number of ether oxygens (including phenoxy) is 1. The molecule has 0 spiro atoms. The summed E-state index contributed by atoms with van der Waals surface area (Å²) in [4.78, 5) is 0. The predicted octanol–water partition coefficient (Wildman–Crippen LogP) is 3.13. The number of nitrogens with two attached hydrogens (primary N) is 1. The lowest BCUT2D eigenvalue weighted by Gasteiger charge is -2.13. The van der Waals surface area contributed by atoms with Crippen LogP contribution < -0.4 is 10.5 Å². The van der Waals surface area contributed by atoms with E-state index in [1.54, 1.807) is 13.2 Å². The third-order valence-electron chi connectivity index (χ3n) is 1.73. The number of halogens is 2. The maximum atomic E-state index is 5.88.